The lowest BCUT2D eigenvalue weighted by atomic mass is 10.0. The van der Waals surface area contributed by atoms with E-state index in [4.69, 9.17) is 63.1 Å². The zero-order valence-corrected chi connectivity index (χ0v) is 56.7. The van der Waals surface area contributed by atoms with Gasteiger partial charge in [0.15, 0.2) is 29.8 Å². The Morgan fingerprint density at radius 1 is 0.449 bits per heavy atom. The third kappa shape index (κ3) is 35.1. The highest BCUT2D eigenvalue weighted by molar-refractivity contribution is 5.99. The number of nitrogens with one attached hydrogen (secondary N) is 10. The summed E-state index contributed by atoms with van der Waals surface area (Å²) in [4.78, 5) is 183. The largest absolute Gasteiger partial charge is 0.480 e. The molecule has 1 fully saturated rings. The van der Waals surface area contributed by atoms with Crippen molar-refractivity contribution in [2.75, 3.05) is 52.4 Å². The van der Waals surface area contributed by atoms with Crippen molar-refractivity contribution in [2.45, 2.75) is 192 Å². The lowest BCUT2D eigenvalue weighted by Crippen LogP contribution is -2.60. The minimum Gasteiger partial charge on any atom is -0.480 e. The van der Waals surface area contributed by atoms with E-state index in [0.717, 1.165) is 6.92 Å². The molecule has 41 nitrogen and oxygen atoms in total. The highest BCUT2D eigenvalue weighted by Gasteiger charge is 2.38. The van der Waals surface area contributed by atoms with Gasteiger partial charge in [-0.3, -0.25) is 77.7 Å². The van der Waals surface area contributed by atoms with Crippen LogP contribution in [0, 0.1) is 11.8 Å². The molecule has 1 heterocycles. The zero-order valence-electron chi connectivity index (χ0n) is 56.7. The fourth-order valence-corrected chi connectivity index (χ4v) is 9.61. The van der Waals surface area contributed by atoms with Crippen LogP contribution in [0.3, 0.4) is 0 Å². The highest BCUT2D eigenvalue weighted by Crippen LogP contribution is 2.19. The summed E-state index contributed by atoms with van der Waals surface area (Å²) in [6.45, 7) is 8.27. The van der Waals surface area contributed by atoms with E-state index in [1.165, 1.54) is 11.8 Å². The van der Waals surface area contributed by atoms with Gasteiger partial charge in [-0.1, -0.05) is 27.7 Å². The van der Waals surface area contributed by atoms with Crippen molar-refractivity contribution < 1.29 is 67.7 Å². The normalized spacial score (nSPS) is 15.5. The molecule has 11 amide bonds. The van der Waals surface area contributed by atoms with Crippen LogP contribution in [-0.2, 0) is 57.5 Å². The third-order valence-corrected chi connectivity index (χ3v) is 14.7. The number of nitrogens with two attached hydrogens (primary N) is 11. The minimum atomic E-state index is -1.70. The Morgan fingerprint density at radius 3 is 1.31 bits per heavy atom. The Balaban J connectivity index is 3.29. The van der Waals surface area contributed by atoms with Crippen molar-refractivity contribution in [1.29, 1.82) is 0 Å². The second kappa shape index (κ2) is 45.4. The second-order valence-corrected chi connectivity index (χ2v) is 24.1. The molecule has 11 atom stereocenters. The number of hydrogen-bond acceptors (Lipinski definition) is 19. The van der Waals surface area contributed by atoms with Gasteiger partial charge in [0.25, 0.3) is 0 Å². The van der Waals surface area contributed by atoms with Gasteiger partial charge in [-0.2, -0.15) is 0 Å². The van der Waals surface area contributed by atoms with E-state index >= 15 is 0 Å². The summed E-state index contributed by atoms with van der Waals surface area (Å²) < 4.78 is 0. The van der Waals surface area contributed by atoms with E-state index in [9.17, 15) is 67.7 Å². The van der Waals surface area contributed by atoms with Crippen LogP contribution in [0.15, 0.2) is 25.0 Å². The molecule has 0 aromatic heterocycles. The van der Waals surface area contributed by atoms with Crippen LogP contribution in [0.4, 0.5) is 0 Å². The molecule has 0 aromatic carbocycles. The van der Waals surface area contributed by atoms with Gasteiger partial charge in [-0.05, 0) is 109 Å². The molecule has 0 spiro atoms. The van der Waals surface area contributed by atoms with Gasteiger partial charge in [-0.25, -0.2) is 4.79 Å². The third-order valence-electron chi connectivity index (χ3n) is 14.7. The Bertz CT molecular complexity index is 2820. The fraction of sp³-hybridized carbons (Fsp3) is 0.702. The Hall–Kier alpha value is -10.1. The SMILES string of the molecule is CC(C)C[C@H](NC(=O)[C@H](CCCN=C(N)N)NC(=O)[C@@H]1CCCN1C(=O)CNC(=O)[C@H](CCCN=C(N)N)NC(=O)[C@@H](N)CCCN=C(N)N)C(=O)NCC(=O)N[C@H](C(=O)N[C@@H](CCCN=C(N)N)C(=O)N[C@@H](C)C(=O)N[C@H](C(=O)N[C@@H](CCCN=C(N)N)C(=O)O)[C@@H](C)O)C(C)C. The quantitative estimate of drug-likeness (QED) is 0.0153. The number of carbonyl (C=O) groups is 12. The molecule has 0 bridgehead atoms. The summed E-state index contributed by atoms with van der Waals surface area (Å²) in [5, 5.41) is 45.2. The van der Waals surface area contributed by atoms with E-state index in [1.54, 1.807) is 27.7 Å². The van der Waals surface area contributed by atoms with Crippen molar-refractivity contribution in [3.63, 3.8) is 0 Å². The van der Waals surface area contributed by atoms with Crippen LogP contribution < -0.4 is 116 Å². The molecular formula is C57H107N27O14. The molecule has 0 saturated carbocycles. The number of amides is 11. The molecule has 1 aliphatic rings. The van der Waals surface area contributed by atoms with Crippen LogP contribution in [0.1, 0.15) is 125 Å². The van der Waals surface area contributed by atoms with E-state index in [1.807, 2.05) is 0 Å². The smallest absolute Gasteiger partial charge is 0.326 e. The Kier molecular flexibility index (Phi) is 39.8. The molecule has 1 rings (SSSR count). The highest BCUT2D eigenvalue weighted by atomic mass is 16.4. The molecule has 98 heavy (non-hydrogen) atoms. The summed E-state index contributed by atoms with van der Waals surface area (Å²) in [5.74, 6) is -12.5. The number of aliphatic imine (C=N–C) groups is 5. The van der Waals surface area contributed by atoms with Crippen LogP contribution in [0.5, 0.6) is 0 Å². The first-order chi connectivity index (χ1) is 45.9. The van der Waals surface area contributed by atoms with Crippen molar-refractivity contribution >= 4 is 101 Å². The molecular weight excluding hydrogens is 1290 g/mol. The lowest BCUT2D eigenvalue weighted by Gasteiger charge is -2.28. The number of aliphatic hydroxyl groups excluding tert-OH is 1. The van der Waals surface area contributed by atoms with Crippen molar-refractivity contribution in [1.82, 2.24) is 58.1 Å². The number of guanidine groups is 5. The molecule has 1 aliphatic heterocycles. The van der Waals surface area contributed by atoms with Gasteiger partial charge in [-0.15, -0.1) is 0 Å². The predicted molar refractivity (Wildman–Crippen MR) is 363 cm³/mol. The first-order valence-corrected chi connectivity index (χ1v) is 32.2. The molecule has 0 unspecified atom stereocenters. The minimum absolute atomic E-state index is 0.000373. The summed E-state index contributed by atoms with van der Waals surface area (Å²) in [7, 11) is 0. The van der Waals surface area contributed by atoms with Crippen LogP contribution in [-0.4, -0.2) is 235 Å². The summed E-state index contributed by atoms with van der Waals surface area (Å²) in [6.07, 6.45) is -0.110. The molecule has 1 saturated heterocycles. The van der Waals surface area contributed by atoms with E-state index in [0.29, 0.717) is 12.8 Å². The van der Waals surface area contributed by atoms with Crippen LogP contribution >= 0.6 is 0 Å². The number of carboxylic acid groups (broad SMARTS) is 1. The molecule has 554 valence electrons. The monoisotopic (exact) mass is 1390 g/mol. The number of aliphatic carboxylic acids is 1. The standard InChI is InChI=1S/C57H107N27O14/c1-28(2)25-37(81-48(93)35(16-10-22-72-56(65)66)78-49(94)38-18-12-24-84(38)40(87)27-75-45(90)33(14-8-20-70-54(61)62)77-44(89)32(58)13-7-19-69-53(59)60)46(91)74-26-39(86)82-41(29(3)4)50(95)79-34(15-9-21-71-55(63)64)47(92)76-30(5)43(88)83-42(31(6)85)51(96)80-36(52(97)98)17-11-23-73-57(67)68/h28-38,41-42,85H,7-27,58H2,1-6H3,(H,74,91)(H,75,90)(H,76,92)(H,77,89)(H,78,94)(H,79,95)(H,80,96)(H,81,93)(H,82,86)(H,83,88)(H,97,98)(H4,59,60,69)(H4,61,62,70)(H4,63,64,71)(H4,65,66,72)(H4,67,68,73)/t30-,31+,32-,33-,34-,35-,36-,37-,38-,41-,42-/m0/s1. The molecule has 34 N–H and O–H groups in total. The van der Waals surface area contributed by atoms with Gasteiger partial charge in [0, 0.05) is 39.3 Å². The number of nitrogens with zero attached hydrogens (tertiary/aromatic N) is 6. The summed E-state index contributed by atoms with van der Waals surface area (Å²) in [6, 6.07) is -13.3. The lowest BCUT2D eigenvalue weighted by molar-refractivity contribution is -0.143. The van der Waals surface area contributed by atoms with Crippen molar-refractivity contribution in [3.05, 3.63) is 0 Å². The first kappa shape index (κ1) is 85.9. The van der Waals surface area contributed by atoms with E-state index < -0.39 is 156 Å². The Labute approximate surface area is 568 Å². The Morgan fingerprint density at radius 2 is 0.847 bits per heavy atom. The number of carboxylic acids is 1. The number of carbonyl (C=O) groups excluding carboxylic acids is 11. The van der Waals surface area contributed by atoms with Gasteiger partial charge in [0.1, 0.15) is 54.4 Å². The van der Waals surface area contributed by atoms with Crippen LogP contribution in [0.25, 0.3) is 0 Å². The van der Waals surface area contributed by atoms with Crippen LogP contribution in [0.2, 0.25) is 0 Å². The van der Waals surface area contributed by atoms with Crippen molar-refractivity contribution in [3.8, 4) is 0 Å². The average molecular weight is 1390 g/mol. The maximum atomic E-state index is 14.2. The van der Waals surface area contributed by atoms with Gasteiger partial charge >= 0.3 is 5.97 Å². The average Bonchev–Trinajstić information content (AvgIpc) is 1.69. The van der Waals surface area contributed by atoms with E-state index in [2.05, 4.69) is 78.1 Å². The predicted octanol–water partition coefficient (Wildman–Crippen LogP) is -10.1. The number of likely N-dealkylation sites (tertiary alicyclic amines) is 1. The van der Waals surface area contributed by atoms with Gasteiger partial charge in [0.05, 0.1) is 25.2 Å². The first-order valence-electron chi connectivity index (χ1n) is 32.2. The molecule has 0 aromatic rings. The second-order valence-electron chi connectivity index (χ2n) is 24.1. The van der Waals surface area contributed by atoms with Gasteiger partial charge < -0.3 is 131 Å². The fourth-order valence-electron chi connectivity index (χ4n) is 9.61. The van der Waals surface area contributed by atoms with E-state index in [-0.39, 0.29) is 146 Å². The maximum Gasteiger partial charge on any atom is 0.326 e. The zero-order chi connectivity index (χ0) is 74.4. The number of hydrogen-bond donors (Lipinski definition) is 23. The molecule has 0 radical (unpaired) electrons. The number of rotatable bonds is 46. The number of aliphatic hydroxyl groups is 1. The van der Waals surface area contributed by atoms with Crippen molar-refractivity contribution in [2.24, 2.45) is 99.9 Å². The van der Waals surface area contributed by atoms with Gasteiger partial charge in [0.2, 0.25) is 65.0 Å². The molecule has 41 heteroatoms. The molecule has 0 aliphatic carbocycles. The summed E-state index contributed by atoms with van der Waals surface area (Å²) in [5.41, 5.74) is 60.3. The summed E-state index contributed by atoms with van der Waals surface area (Å²) >= 11 is 0. The topological polar surface area (TPSA) is 717 Å². The maximum absolute atomic E-state index is 14.2.